The van der Waals surface area contributed by atoms with Crippen molar-refractivity contribution >= 4 is 5.69 Å². The molecule has 2 heterocycles. The lowest BCUT2D eigenvalue weighted by atomic mass is 10.0. The Morgan fingerprint density at radius 1 is 1.38 bits per heavy atom. The van der Waals surface area contributed by atoms with E-state index in [-0.39, 0.29) is 0 Å². The monoisotopic (exact) mass is 285 g/mol. The minimum absolute atomic E-state index is 0.487. The molecule has 1 aliphatic rings. The van der Waals surface area contributed by atoms with E-state index < -0.39 is 6.10 Å². The van der Waals surface area contributed by atoms with E-state index in [1.807, 2.05) is 18.5 Å². The van der Waals surface area contributed by atoms with Crippen molar-refractivity contribution in [3.63, 3.8) is 0 Å². The normalized spacial score (nSPS) is 15.3. The SMILES string of the molecule is CCCn1ccnc1CC(O)c1ccc2c(c1)CCN2C. The molecule has 112 valence electrons. The van der Waals surface area contributed by atoms with Crippen LogP contribution in [0, 0.1) is 0 Å². The highest BCUT2D eigenvalue weighted by Gasteiger charge is 2.19. The van der Waals surface area contributed by atoms with Gasteiger partial charge in [-0.15, -0.1) is 0 Å². The molecule has 1 aromatic heterocycles. The van der Waals surface area contributed by atoms with E-state index in [1.165, 1.54) is 11.3 Å². The molecule has 1 unspecified atom stereocenters. The van der Waals surface area contributed by atoms with Crippen molar-refractivity contribution in [3.8, 4) is 0 Å². The molecule has 1 aromatic carbocycles. The fourth-order valence-corrected chi connectivity index (χ4v) is 3.06. The molecule has 2 aromatic rings. The third kappa shape index (κ3) is 2.81. The second-order valence-corrected chi connectivity index (χ2v) is 5.82. The lowest BCUT2D eigenvalue weighted by molar-refractivity contribution is 0.174. The Bertz CT molecular complexity index is 620. The molecule has 4 nitrogen and oxygen atoms in total. The van der Waals surface area contributed by atoms with Gasteiger partial charge in [0.15, 0.2) is 0 Å². The molecular weight excluding hydrogens is 262 g/mol. The summed E-state index contributed by atoms with van der Waals surface area (Å²) in [6.45, 7) is 4.17. The quantitative estimate of drug-likeness (QED) is 0.918. The number of nitrogens with zero attached hydrogens (tertiary/aromatic N) is 3. The fraction of sp³-hybridized carbons (Fsp3) is 0.471. The molecule has 21 heavy (non-hydrogen) atoms. The molecule has 4 heteroatoms. The first-order chi connectivity index (χ1) is 10.2. The first kappa shape index (κ1) is 14.1. The average Bonchev–Trinajstić information content (AvgIpc) is 3.07. The molecule has 0 radical (unpaired) electrons. The van der Waals surface area contributed by atoms with Gasteiger partial charge in [-0.1, -0.05) is 19.1 Å². The van der Waals surface area contributed by atoms with Gasteiger partial charge >= 0.3 is 0 Å². The van der Waals surface area contributed by atoms with Gasteiger partial charge in [0.1, 0.15) is 5.82 Å². The number of aryl methyl sites for hydroxylation is 1. The van der Waals surface area contributed by atoms with Crippen LogP contribution < -0.4 is 4.90 Å². The van der Waals surface area contributed by atoms with Crippen molar-refractivity contribution in [3.05, 3.63) is 47.5 Å². The number of aliphatic hydroxyl groups excluding tert-OH is 1. The molecule has 1 N–H and O–H groups in total. The van der Waals surface area contributed by atoms with Crippen LogP contribution in [0.3, 0.4) is 0 Å². The predicted octanol–water partition coefficient (Wildman–Crippen LogP) is 2.56. The second-order valence-electron chi connectivity index (χ2n) is 5.82. The lowest BCUT2D eigenvalue weighted by Gasteiger charge is -2.15. The van der Waals surface area contributed by atoms with Crippen molar-refractivity contribution < 1.29 is 5.11 Å². The minimum atomic E-state index is -0.487. The molecule has 1 atom stereocenters. The van der Waals surface area contributed by atoms with E-state index in [2.05, 4.69) is 40.6 Å². The summed E-state index contributed by atoms with van der Waals surface area (Å²) in [7, 11) is 2.11. The molecule has 1 aliphatic heterocycles. The summed E-state index contributed by atoms with van der Waals surface area (Å²) in [4.78, 5) is 6.64. The topological polar surface area (TPSA) is 41.3 Å². The Labute approximate surface area is 126 Å². The van der Waals surface area contributed by atoms with E-state index >= 15 is 0 Å². The molecule has 0 amide bonds. The lowest BCUT2D eigenvalue weighted by Crippen LogP contribution is -2.12. The van der Waals surface area contributed by atoms with Gasteiger partial charge in [0.2, 0.25) is 0 Å². The van der Waals surface area contributed by atoms with Crippen LogP contribution in [0.4, 0.5) is 5.69 Å². The zero-order valence-electron chi connectivity index (χ0n) is 12.8. The summed E-state index contributed by atoms with van der Waals surface area (Å²) < 4.78 is 2.13. The van der Waals surface area contributed by atoms with E-state index in [1.54, 1.807) is 0 Å². The van der Waals surface area contributed by atoms with Gasteiger partial charge < -0.3 is 14.6 Å². The molecule has 0 saturated heterocycles. The largest absolute Gasteiger partial charge is 0.388 e. The van der Waals surface area contributed by atoms with E-state index in [9.17, 15) is 5.11 Å². The Morgan fingerprint density at radius 3 is 3.05 bits per heavy atom. The zero-order valence-corrected chi connectivity index (χ0v) is 12.8. The molecular formula is C17H23N3O. The zero-order chi connectivity index (χ0) is 14.8. The molecule has 0 fully saturated rings. The summed E-state index contributed by atoms with van der Waals surface area (Å²) >= 11 is 0. The fourth-order valence-electron chi connectivity index (χ4n) is 3.06. The Kier molecular flexibility index (Phi) is 3.97. The van der Waals surface area contributed by atoms with Gasteiger partial charge in [0, 0.05) is 44.6 Å². The van der Waals surface area contributed by atoms with Gasteiger partial charge in [0.05, 0.1) is 6.10 Å². The number of hydrogen-bond acceptors (Lipinski definition) is 3. The Hall–Kier alpha value is -1.81. The summed E-state index contributed by atoms with van der Waals surface area (Å²) in [5.74, 6) is 0.960. The maximum Gasteiger partial charge on any atom is 0.111 e. The standard InChI is InChI=1S/C17H23N3O/c1-3-8-20-10-7-18-17(20)12-16(21)14-4-5-15-13(11-14)6-9-19(15)2/h4-5,7,10-11,16,21H,3,6,8-9,12H2,1-2H3. The maximum atomic E-state index is 10.5. The van der Waals surface area contributed by atoms with E-state index in [4.69, 9.17) is 0 Å². The highest BCUT2D eigenvalue weighted by molar-refractivity contribution is 5.58. The van der Waals surface area contributed by atoms with Gasteiger partial charge in [0.25, 0.3) is 0 Å². The van der Waals surface area contributed by atoms with Crippen LogP contribution in [0.1, 0.15) is 36.4 Å². The van der Waals surface area contributed by atoms with Gasteiger partial charge in [-0.2, -0.15) is 0 Å². The molecule has 0 bridgehead atoms. The first-order valence-corrected chi connectivity index (χ1v) is 7.71. The maximum absolute atomic E-state index is 10.5. The van der Waals surface area contributed by atoms with Gasteiger partial charge in [-0.3, -0.25) is 0 Å². The number of hydrogen-bond donors (Lipinski definition) is 1. The van der Waals surface area contributed by atoms with E-state index in [0.717, 1.165) is 37.3 Å². The van der Waals surface area contributed by atoms with Crippen LogP contribution in [0.5, 0.6) is 0 Å². The van der Waals surface area contributed by atoms with Crippen LogP contribution in [0.25, 0.3) is 0 Å². The molecule has 0 spiro atoms. The average molecular weight is 285 g/mol. The molecule has 0 saturated carbocycles. The second kappa shape index (κ2) is 5.90. The van der Waals surface area contributed by atoms with Crippen molar-refractivity contribution in [1.82, 2.24) is 9.55 Å². The van der Waals surface area contributed by atoms with Gasteiger partial charge in [-0.25, -0.2) is 4.98 Å². The number of benzene rings is 1. The number of rotatable bonds is 5. The predicted molar refractivity (Wildman–Crippen MR) is 84.6 cm³/mol. The summed E-state index contributed by atoms with van der Waals surface area (Å²) in [6, 6.07) is 6.31. The summed E-state index contributed by atoms with van der Waals surface area (Å²) in [5, 5.41) is 10.5. The third-order valence-corrected chi connectivity index (χ3v) is 4.26. The van der Waals surface area contributed by atoms with Crippen molar-refractivity contribution in [2.24, 2.45) is 0 Å². The van der Waals surface area contributed by atoms with Crippen molar-refractivity contribution in [2.75, 3.05) is 18.5 Å². The Balaban J connectivity index is 1.76. The summed E-state index contributed by atoms with van der Waals surface area (Å²) in [6.07, 6.45) is 6.03. The van der Waals surface area contributed by atoms with Crippen LogP contribution in [-0.2, 0) is 19.4 Å². The number of aromatic nitrogens is 2. The number of anilines is 1. The summed E-state index contributed by atoms with van der Waals surface area (Å²) in [5.41, 5.74) is 3.62. The van der Waals surface area contributed by atoms with Crippen LogP contribution in [0.2, 0.25) is 0 Å². The number of fused-ring (bicyclic) bond motifs is 1. The Morgan fingerprint density at radius 2 is 2.24 bits per heavy atom. The minimum Gasteiger partial charge on any atom is -0.388 e. The van der Waals surface area contributed by atoms with Crippen molar-refractivity contribution in [1.29, 1.82) is 0 Å². The highest BCUT2D eigenvalue weighted by atomic mass is 16.3. The highest BCUT2D eigenvalue weighted by Crippen LogP contribution is 2.30. The number of imidazole rings is 1. The number of aliphatic hydroxyl groups is 1. The first-order valence-electron chi connectivity index (χ1n) is 7.71. The van der Waals surface area contributed by atoms with Crippen LogP contribution in [0.15, 0.2) is 30.6 Å². The third-order valence-electron chi connectivity index (χ3n) is 4.26. The van der Waals surface area contributed by atoms with Crippen molar-refractivity contribution in [2.45, 2.75) is 38.8 Å². The number of likely N-dealkylation sites (N-methyl/N-ethyl adjacent to an activating group) is 1. The van der Waals surface area contributed by atoms with Gasteiger partial charge in [-0.05, 0) is 30.0 Å². The molecule has 3 rings (SSSR count). The smallest absolute Gasteiger partial charge is 0.111 e. The molecule has 0 aliphatic carbocycles. The van der Waals surface area contributed by atoms with E-state index in [0.29, 0.717) is 6.42 Å². The van der Waals surface area contributed by atoms with Crippen LogP contribution in [-0.4, -0.2) is 28.3 Å². The van der Waals surface area contributed by atoms with Crippen LogP contribution >= 0.6 is 0 Å².